The topological polar surface area (TPSA) is 12.9 Å². The predicted molar refractivity (Wildman–Crippen MR) is 118 cm³/mol. The van der Waals surface area contributed by atoms with Crippen molar-refractivity contribution in [2.75, 3.05) is 0 Å². The van der Waals surface area contributed by atoms with Crippen LogP contribution < -0.4 is 0 Å². The van der Waals surface area contributed by atoms with Crippen molar-refractivity contribution in [1.29, 1.82) is 0 Å². The largest absolute Gasteiger partial charge is 0.256 e. The number of benzene rings is 2. The van der Waals surface area contributed by atoms with E-state index in [1.165, 1.54) is 27.5 Å². The molecule has 0 aliphatic heterocycles. The third-order valence-electron chi connectivity index (χ3n) is 5.55. The number of aromatic nitrogens is 1. The zero-order chi connectivity index (χ0) is 19.1. The van der Waals surface area contributed by atoms with Crippen LogP contribution in [-0.2, 0) is 5.41 Å². The van der Waals surface area contributed by atoms with Gasteiger partial charge in [0.15, 0.2) is 0 Å². The molecule has 0 N–H and O–H groups in total. The summed E-state index contributed by atoms with van der Waals surface area (Å²) in [4.78, 5) is 4.72. The molecule has 1 heterocycles. The number of pyridine rings is 1. The van der Waals surface area contributed by atoms with Crippen LogP contribution in [0.1, 0.15) is 44.4 Å². The van der Waals surface area contributed by atoms with E-state index in [2.05, 4.69) is 95.9 Å². The van der Waals surface area contributed by atoms with Crippen LogP contribution >= 0.6 is 0 Å². The van der Waals surface area contributed by atoms with Gasteiger partial charge in [0.05, 0.1) is 13.8 Å². The van der Waals surface area contributed by atoms with Crippen LogP contribution in [0.4, 0.5) is 0 Å². The molecular weight excluding hydrogens is 330 g/mol. The van der Waals surface area contributed by atoms with E-state index in [1.54, 1.807) is 0 Å². The summed E-state index contributed by atoms with van der Waals surface area (Å²) in [6.07, 6.45) is 1.98. The molecule has 0 radical (unpaired) electrons. The molecule has 1 aromatic heterocycles. The molecule has 0 amide bonds. The highest BCUT2D eigenvalue weighted by atomic mass is 28.3. The highest BCUT2D eigenvalue weighted by Gasteiger charge is 2.24. The number of nitrogens with zero attached hydrogens (tertiary/aromatic N) is 1. The fourth-order valence-electron chi connectivity index (χ4n) is 3.45. The van der Waals surface area contributed by atoms with Crippen molar-refractivity contribution in [2.24, 2.45) is 0 Å². The van der Waals surface area contributed by atoms with E-state index in [0.717, 1.165) is 5.69 Å². The Morgan fingerprint density at radius 2 is 1.62 bits per heavy atom. The standard InChI is InChI=1S/C24H31NSi/c1-17(26(5,6)7)18-12-13-25-23(16-18)20-14-19-10-8-9-11-21(19)22(15-20)24(2,3)4/h8-17H,1-7H3. The summed E-state index contributed by atoms with van der Waals surface area (Å²) in [5.41, 5.74) is 5.82. The van der Waals surface area contributed by atoms with Gasteiger partial charge < -0.3 is 0 Å². The Morgan fingerprint density at radius 1 is 0.923 bits per heavy atom. The second-order valence-electron chi connectivity index (χ2n) is 9.56. The number of hydrogen-bond donors (Lipinski definition) is 0. The average Bonchev–Trinajstić information content (AvgIpc) is 2.58. The van der Waals surface area contributed by atoms with Crippen molar-refractivity contribution < 1.29 is 0 Å². The monoisotopic (exact) mass is 361 g/mol. The van der Waals surface area contributed by atoms with E-state index in [1.807, 2.05) is 6.20 Å². The van der Waals surface area contributed by atoms with Crippen LogP contribution in [0.3, 0.4) is 0 Å². The van der Waals surface area contributed by atoms with Crippen LogP contribution in [0.2, 0.25) is 19.6 Å². The van der Waals surface area contributed by atoms with Gasteiger partial charge in [-0.1, -0.05) is 71.6 Å². The molecule has 1 atom stereocenters. The number of rotatable bonds is 3. The molecule has 0 saturated heterocycles. The molecule has 2 aromatic carbocycles. The Bertz CT molecular complexity index is 929. The van der Waals surface area contributed by atoms with E-state index in [-0.39, 0.29) is 5.41 Å². The zero-order valence-electron chi connectivity index (χ0n) is 17.2. The van der Waals surface area contributed by atoms with Gasteiger partial charge in [0.1, 0.15) is 0 Å². The summed E-state index contributed by atoms with van der Waals surface area (Å²) in [7, 11) is -1.24. The van der Waals surface area contributed by atoms with Crippen LogP contribution in [0.5, 0.6) is 0 Å². The lowest BCUT2D eigenvalue weighted by Crippen LogP contribution is -2.28. The summed E-state index contributed by atoms with van der Waals surface area (Å²) >= 11 is 0. The maximum Gasteiger partial charge on any atom is 0.0704 e. The number of fused-ring (bicyclic) bond motifs is 1. The summed E-state index contributed by atoms with van der Waals surface area (Å²) in [6.45, 7) is 16.5. The lowest BCUT2D eigenvalue weighted by atomic mass is 9.82. The van der Waals surface area contributed by atoms with E-state index in [9.17, 15) is 0 Å². The molecular formula is C24H31NSi. The van der Waals surface area contributed by atoms with E-state index in [4.69, 9.17) is 4.98 Å². The fraction of sp³-hybridized carbons (Fsp3) is 0.375. The SMILES string of the molecule is CC(c1ccnc(-c2cc(C(C)(C)C)c3ccccc3c2)c1)[Si](C)(C)C. The van der Waals surface area contributed by atoms with Gasteiger partial charge in [-0.05, 0) is 57.1 Å². The molecule has 1 unspecified atom stereocenters. The lowest BCUT2D eigenvalue weighted by molar-refractivity contribution is 0.596. The molecule has 136 valence electrons. The van der Waals surface area contributed by atoms with Gasteiger partial charge in [-0.15, -0.1) is 0 Å². The molecule has 3 aromatic rings. The Kier molecular flexibility index (Phi) is 4.83. The van der Waals surface area contributed by atoms with Gasteiger partial charge in [-0.3, -0.25) is 4.98 Å². The van der Waals surface area contributed by atoms with Gasteiger partial charge in [0.2, 0.25) is 0 Å². The third kappa shape index (κ3) is 3.76. The summed E-state index contributed by atoms with van der Waals surface area (Å²) in [5.74, 6) is 0. The minimum Gasteiger partial charge on any atom is -0.256 e. The van der Waals surface area contributed by atoms with E-state index in [0.29, 0.717) is 5.54 Å². The first kappa shape index (κ1) is 18.8. The van der Waals surface area contributed by atoms with E-state index >= 15 is 0 Å². The Hall–Kier alpha value is -1.93. The molecule has 26 heavy (non-hydrogen) atoms. The van der Waals surface area contributed by atoms with Crippen LogP contribution in [0, 0.1) is 0 Å². The van der Waals surface area contributed by atoms with Crippen LogP contribution in [0.15, 0.2) is 54.7 Å². The smallest absolute Gasteiger partial charge is 0.0704 e. The fourth-order valence-corrected chi connectivity index (χ4v) is 4.63. The molecule has 0 saturated carbocycles. The molecule has 0 fully saturated rings. The molecule has 0 aliphatic rings. The maximum absolute atomic E-state index is 4.72. The summed E-state index contributed by atoms with van der Waals surface area (Å²) in [6, 6.07) is 17.8. The highest BCUT2D eigenvalue weighted by molar-refractivity contribution is 6.77. The minimum atomic E-state index is -1.24. The van der Waals surface area contributed by atoms with Crippen molar-refractivity contribution in [3.05, 3.63) is 65.9 Å². The molecule has 1 nitrogen and oxygen atoms in total. The van der Waals surface area contributed by atoms with Gasteiger partial charge in [0, 0.05) is 11.8 Å². The quantitative estimate of drug-likeness (QED) is 0.450. The Morgan fingerprint density at radius 3 is 2.27 bits per heavy atom. The summed E-state index contributed by atoms with van der Waals surface area (Å²) < 4.78 is 0. The highest BCUT2D eigenvalue weighted by Crippen LogP contribution is 2.35. The van der Waals surface area contributed by atoms with Crippen LogP contribution in [0.25, 0.3) is 22.0 Å². The first-order valence-corrected chi connectivity index (χ1v) is 13.1. The Balaban J connectivity index is 2.18. The predicted octanol–water partition coefficient (Wildman–Crippen LogP) is 7.18. The van der Waals surface area contributed by atoms with Crippen molar-refractivity contribution >= 4 is 18.8 Å². The van der Waals surface area contributed by atoms with Crippen molar-refractivity contribution in [2.45, 2.75) is 58.3 Å². The zero-order valence-corrected chi connectivity index (χ0v) is 18.2. The first-order chi connectivity index (χ1) is 12.1. The molecule has 2 heteroatoms. The third-order valence-corrected chi connectivity index (χ3v) is 8.48. The minimum absolute atomic E-state index is 0.0961. The number of hydrogen-bond acceptors (Lipinski definition) is 1. The molecule has 0 spiro atoms. The lowest BCUT2D eigenvalue weighted by Gasteiger charge is -2.26. The molecule has 0 aliphatic carbocycles. The molecule has 3 rings (SSSR count). The molecule has 0 bridgehead atoms. The van der Waals surface area contributed by atoms with Gasteiger partial charge in [0.25, 0.3) is 0 Å². The normalized spacial score (nSPS) is 13.8. The van der Waals surface area contributed by atoms with Crippen molar-refractivity contribution in [3.8, 4) is 11.3 Å². The second kappa shape index (κ2) is 6.66. The van der Waals surface area contributed by atoms with Crippen LogP contribution in [-0.4, -0.2) is 13.1 Å². The van der Waals surface area contributed by atoms with E-state index < -0.39 is 8.07 Å². The maximum atomic E-state index is 4.72. The van der Waals surface area contributed by atoms with Crippen molar-refractivity contribution in [1.82, 2.24) is 4.98 Å². The van der Waals surface area contributed by atoms with Gasteiger partial charge in [-0.2, -0.15) is 0 Å². The second-order valence-corrected chi connectivity index (χ2v) is 15.2. The Labute approximate surface area is 159 Å². The summed E-state index contributed by atoms with van der Waals surface area (Å²) in [5, 5.41) is 2.63. The average molecular weight is 362 g/mol. The van der Waals surface area contributed by atoms with Gasteiger partial charge >= 0.3 is 0 Å². The van der Waals surface area contributed by atoms with Gasteiger partial charge in [-0.25, -0.2) is 0 Å². The van der Waals surface area contributed by atoms with Crippen molar-refractivity contribution in [3.63, 3.8) is 0 Å². The first-order valence-electron chi connectivity index (χ1n) is 9.57.